The van der Waals surface area contributed by atoms with Crippen molar-refractivity contribution in [2.45, 2.75) is 46.1 Å². The number of fused-ring (bicyclic) bond motifs is 3. The third kappa shape index (κ3) is 2.14. The number of nitrogens with one attached hydrogen (secondary N) is 2. The lowest BCUT2D eigenvalue weighted by Crippen LogP contribution is -2.46. The second-order valence-electron chi connectivity index (χ2n) is 8.17. The highest BCUT2D eigenvalue weighted by Crippen LogP contribution is 2.65. The van der Waals surface area contributed by atoms with E-state index in [4.69, 9.17) is 23.2 Å². The molecule has 2 aliphatic carbocycles. The molecule has 5 heteroatoms. The maximum absolute atomic E-state index is 12.8. The molecule has 1 amide bonds. The predicted octanol–water partition coefficient (Wildman–Crippen LogP) is 5.42. The first-order chi connectivity index (χ1) is 11.2. The van der Waals surface area contributed by atoms with Gasteiger partial charge in [-0.2, -0.15) is 0 Å². The number of aromatic amines is 1. The number of amides is 1. The fourth-order valence-electron chi connectivity index (χ4n) is 4.94. The van der Waals surface area contributed by atoms with Crippen LogP contribution in [-0.4, -0.2) is 16.9 Å². The molecule has 24 heavy (non-hydrogen) atoms. The van der Waals surface area contributed by atoms with Gasteiger partial charge in [-0.25, -0.2) is 0 Å². The summed E-state index contributed by atoms with van der Waals surface area (Å²) in [5, 5.41) is 5.21. The lowest BCUT2D eigenvalue weighted by molar-refractivity contribution is 0.0822. The summed E-state index contributed by atoms with van der Waals surface area (Å²) < 4.78 is 0. The quantitative estimate of drug-likeness (QED) is 0.733. The molecule has 2 fully saturated rings. The van der Waals surface area contributed by atoms with Gasteiger partial charge < -0.3 is 10.3 Å². The van der Waals surface area contributed by atoms with Gasteiger partial charge in [-0.1, -0.05) is 44.0 Å². The summed E-state index contributed by atoms with van der Waals surface area (Å²) in [5.41, 5.74) is 1.78. The van der Waals surface area contributed by atoms with Gasteiger partial charge >= 0.3 is 0 Å². The maximum Gasteiger partial charge on any atom is 0.267 e. The third-order valence-electron chi connectivity index (χ3n) is 7.00. The monoisotopic (exact) mass is 364 g/mol. The Kier molecular flexibility index (Phi) is 3.50. The number of H-pyrrole nitrogens is 1. The number of benzene rings is 1. The van der Waals surface area contributed by atoms with Crippen molar-refractivity contribution < 1.29 is 4.79 Å². The normalized spacial score (nSPS) is 30.9. The summed E-state index contributed by atoms with van der Waals surface area (Å²) in [6, 6.07) is 5.52. The van der Waals surface area contributed by atoms with Crippen LogP contribution in [0.2, 0.25) is 10.0 Å². The molecular formula is C19H22Cl2N2O. The SMILES string of the molecule is CC1(C)[C@H]2CC[C@@]1(C)[C@H](NC(=O)c1cc3c(Cl)cc(Cl)cc3[nH]1)C2. The Labute approximate surface area is 152 Å². The fourth-order valence-corrected chi connectivity index (χ4v) is 5.49. The van der Waals surface area contributed by atoms with E-state index in [1.807, 2.05) is 6.07 Å². The Bertz CT molecular complexity index is 841. The predicted molar refractivity (Wildman–Crippen MR) is 98.8 cm³/mol. The third-order valence-corrected chi connectivity index (χ3v) is 7.53. The lowest BCUT2D eigenvalue weighted by atomic mass is 9.69. The van der Waals surface area contributed by atoms with Crippen LogP contribution in [0.4, 0.5) is 0 Å². The standard InChI is InChI=1S/C19H22Cl2N2O/c1-18(2)10-4-5-19(18,3)16(6-10)23-17(24)15-9-12-13(21)7-11(20)8-14(12)22-15/h7-10,16,22H,4-6H2,1-3H3,(H,23,24)/t10-,16+,19-/m0/s1. The van der Waals surface area contributed by atoms with Crippen molar-refractivity contribution >= 4 is 40.0 Å². The summed E-state index contributed by atoms with van der Waals surface area (Å²) in [7, 11) is 0. The second kappa shape index (κ2) is 5.15. The van der Waals surface area contributed by atoms with Gasteiger partial charge in [0.15, 0.2) is 0 Å². The first kappa shape index (κ1) is 16.3. The molecule has 1 aromatic heterocycles. The largest absolute Gasteiger partial charge is 0.350 e. The smallest absolute Gasteiger partial charge is 0.267 e. The van der Waals surface area contributed by atoms with Crippen molar-refractivity contribution in [2.75, 3.05) is 0 Å². The van der Waals surface area contributed by atoms with Crippen molar-refractivity contribution in [2.24, 2.45) is 16.7 Å². The molecule has 2 bridgehead atoms. The topological polar surface area (TPSA) is 44.9 Å². The number of rotatable bonds is 2. The summed E-state index contributed by atoms with van der Waals surface area (Å²) >= 11 is 12.3. The Hall–Kier alpha value is -1.19. The molecule has 2 saturated carbocycles. The minimum Gasteiger partial charge on any atom is -0.350 e. The highest BCUT2D eigenvalue weighted by molar-refractivity contribution is 6.38. The van der Waals surface area contributed by atoms with Gasteiger partial charge in [0.1, 0.15) is 5.69 Å². The summed E-state index contributed by atoms with van der Waals surface area (Å²) in [6.45, 7) is 7.02. The number of carbonyl (C=O) groups excluding carboxylic acids is 1. The van der Waals surface area contributed by atoms with E-state index in [-0.39, 0.29) is 22.8 Å². The molecular weight excluding hydrogens is 343 g/mol. The van der Waals surface area contributed by atoms with E-state index in [9.17, 15) is 4.79 Å². The number of hydrogen-bond donors (Lipinski definition) is 2. The van der Waals surface area contributed by atoms with Gasteiger partial charge in [0.2, 0.25) is 0 Å². The van der Waals surface area contributed by atoms with Crippen molar-refractivity contribution in [1.82, 2.24) is 10.3 Å². The molecule has 0 unspecified atom stereocenters. The number of hydrogen-bond acceptors (Lipinski definition) is 1. The molecule has 1 heterocycles. The van der Waals surface area contributed by atoms with E-state index in [2.05, 4.69) is 31.1 Å². The van der Waals surface area contributed by atoms with Gasteiger partial charge in [0.25, 0.3) is 5.91 Å². The van der Waals surface area contributed by atoms with Crippen LogP contribution in [0.5, 0.6) is 0 Å². The highest BCUT2D eigenvalue weighted by Gasteiger charge is 2.61. The zero-order valence-corrected chi connectivity index (χ0v) is 15.7. The maximum atomic E-state index is 12.8. The zero-order chi connectivity index (χ0) is 17.3. The Morgan fingerprint density at radius 3 is 2.62 bits per heavy atom. The van der Waals surface area contributed by atoms with Gasteiger partial charge in [0, 0.05) is 22.0 Å². The van der Waals surface area contributed by atoms with Crippen LogP contribution in [0, 0.1) is 16.7 Å². The second-order valence-corrected chi connectivity index (χ2v) is 9.01. The zero-order valence-electron chi connectivity index (χ0n) is 14.2. The van der Waals surface area contributed by atoms with Crippen molar-refractivity contribution in [3.8, 4) is 0 Å². The van der Waals surface area contributed by atoms with E-state index in [0.717, 1.165) is 17.3 Å². The molecule has 2 aromatic rings. The average Bonchev–Trinajstić information content (AvgIpc) is 3.07. The molecule has 3 atom stereocenters. The summed E-state index contributed by atoms with van der Waals surface area (Å²) in [6.07, 6.45) is 3.53. The molecule has 2 aliphatic rings. The van der Waals surface area contributed by atoms with Crippen LogP contribution < -0.4 is 5.32 Å². The van der Waals surface area contributed by atoms with Gasteiger partial charge in [0.05, 0.1) is 5.02 Å². The highest BCUT2D eigenvalue weighted by atomic mass is 35.5. The van der Waals surface area contributed by atoms with Gasteiger partial charge in [-0.05, 0) is 54.2 Å². The molecule has 3 nitrogen and oxygen atoms in total. The van der Waals surface area contributed by atoms with Gasteiger partial charge in [-0.15, -0.1) is 0 Å². The molecule has 4 rings (SSSR count). The molecule has 1 aromatic carbocycles. The van der Waals surface area contributed by atoms with Crippen LogP contribution in [0.1, 0.15) is 50.5 Å². The number of halogens is 2. The Morgan fingerprint density at radius 2 is 2.00 bits per heavy atom. The van der Waals surface area contributed by atoms with E-state index >= 15 is 0 Å². The first-order valence-corrected chi connectivity index (χ1v) is 9.26. The minimum absolute atomic E-state index is 0.0621. The molecule has 0 spiro atoms. The molecule has 0 saturated heterocycles. The average molecular weight is 365 g/mol. The van der Waals surface area contributed by atoms with Crippen LogP contribution >= 0.6 is 23.2 Å². The summed E-state index contributed by atoms with van der Waals surface area (Å²) in [5.74, 6) is 0.636. The van der Waals surface area contributed by atoms with Gasteiger partial charge in [-0.3, -0.25) is 4.79 Å². The number of aromatic nitrogens is 1. The van der Waals surface area contributed by atoms with Crippen LogP contribution in [0.25, 0.3) is 10.9 Å². The fraction of sp³-hybridized carbons (Fsp3) is 0.526. The van der Waals surface area contributed by atoms with Crippen molar-refractivity contribution in [3.05, 3.63) is 33.9 Å². The van der Waals surface area contributed by atoms with E-state index in [1.165, 1.54) is 12.8 Å². The molecule has 2 N–H and O–H groups in total. The minimum atomic E-state index is -0.0621. The Morgan fingerprint density at radius 1 is 1.25 bits per heavy atom. The Balaban J connectivity index is 1.61. The molecule has 0 radical (unpaired) electrons. The van der Waals surface area contributed by atoms with Crippen LogP contribution in [-0.2, 0) is 0 Å². The van der Waals surface area contributed by atoms with E-state index < -0.39 is 0 Å². The summed E-state index contributed by atoms with van der Waals surface area (Å²) in [4.78, 5) is 15.9. The molecule has 128 valence electrons. The number of carbonyl (C=O) groups is 1. The molecule has 0 aliphatic heterocycles. The first-order valence-electron chi connectivity index (χ1n) is 8.51. The lowest BCUT2D eigenvalue weighted by Gasteiger charge is -2.39. The van der Waals surface area contributed by atoms with Crippen molar-refractivity contribution in [3.63, 3.8) is 0 Å². The van der Waals surface area contributed by atoms with Crippen molar-refractivity contribution in [1.29, 1.82) is 0 Å². The van der Waals surface area contributed by atoms with E-state index in [1.54, 1.807) is 12.1 Å². The van der Waals surface area contributed by atoms with Crippen LogP contribution in [0.3, 0.4) is 0 Å². The van der Waals surface area contributed by atoms with E-state index in [0.29, 0.717) is 21.7 Å². The van der Waals surface area contributed by atoms with Crippen LogP contribution in [0.15, 0.2) is 18.2 Å².